The van der Waals surface area contributed by atoms with E-state index in [0.29, 0.717) is 17.6 Å². The first kappa shape index (κ1) is 31.3. The van der Waals surface area contributed by atoms with E-state index in [0.717, 1.165) is 24.3 Å². The van der Waals surface area contributed by atoms with Gasteiger partial charge >= 0.3 is 0 Å². The predicted molar refractivity (Wildman–Crippen MR) is 174 cm³/mol. The molecule has 0 bridgehead atoms. The van der Waals surface area contributed by atoms with E-state index in [2.05, 4.69) is 32.3 Å². The number of benzene rings is 2. The Bertz CT molecular complexity index is 2070. The Hall–Kier alpha value is -4.72. The molecule has 238 valence electrons. The Morgan fingerprint density at radius 2 is 1.83 bits per heavy atom. The van der Waals surface area contributed by atoms with Crippen LogP contribution in [0.25, 0.3) is 11.0 Å². The van der Waals surface area contributed by atoms with Gasteiger partial charge in [-0.15, -0.1) is 0 Å². The first-order valence-corrected chi connectivity index (χ1v) is 16.5. The van der Waals surface area contributed by atoms with E-state index in [4.69, 9.17) is 4.74 Å². The highest BCUT2D eigenvalue weighted by Gasteiger charge is 2.27. The second-order valence-corrected chi connectivity index (χ2v) is 14.2. The number of sulfone groups is 1. The number of rotatable bonds is 9. The number of aryl methyl sites for hydroxylation is 1. The zero-order valence-corrected chi connectivity index (χ0v) is 26.9. The lowest BCUT2D eigenvalue weighted by Gasteiger charge is -2.30. The van der Waals surface area contributed by atoms with Crippen LogP contribution in [0, 0.1) is 0 Å². The molecule has 1 saturated heterocycles. The highest BCUT2D eigenvalue weighted by atomic mass is 32.2. The maximum atomic E-state index is 14.0. The van der Waals surface area contributed by atoms with Gasteiger partial charge in [0.15, 0.2) is 15.6 Å². The van der Waals surface area contributed by atoms with Gasteiger partial charge in [-0.2, -0.15) is 10.1 Å². The summed E-state index contributed by atoms with van der Waals surface area (Å²) in [5.74, 6) is -0.243. The maximum Gasteiger partial charge on any atom is 0.263 e. The second-order valence-electron chi connectivity index (χ2n) is 11.7. The molecule has 4 heterocycles. The van der Waals surface area contributed by atoms with Gasteiger partial charge in [0.2, 0.25) is 5.95 Å². The minimum Gasteiger partial charge on any atom is -0.371 e. The van der Waals surface area contributed by atoms with Crippen molar-refractivity contribution >= 4 is 38.3 Å². The summed E-state index contributed by atoms with van der Waals surface area (Å²) in [5, 5.41) is 7.32. The number of hydrogen-bond acceptors (Lipinski definition) is 10. The van der Waals surface area contributed by atoms with Gasteiger partial charge in [-0.05, 0) is 44.7 Å². The van der Waals surface area contributed by atoms with Crippen LogP contribution in [-0.4, -0.2) is 75.4 Å². The maximum absolute atomic E-state index is 14.0. The van der Waals surface area contributed by atoms with Crippen LogP contribution in [0.3, 0.4) is 0 Å². The summed E-state index contributed by atoms with van der Waals surface area (Å²) in [6, 6.07) is 17.8. The molecule has 1 fully saturated rings. The lowest BCUT2D eigenvalue weighted by atomic mass is 10.0. The Morgan fingerprint density at radius 3 is 2.52 bits per heavy atom. The number of ketones is 1. The van der Waals surface area contributed by atoms with Crippen LogP contribution in [-0.2, 0) is 28.2 Å². The summed E-state index contributed by atoms with van der Waals surface area (Å²) < 4.78 is 35.1. The van der Waals surface area contributed by atoms with E-state index < -0.39 is 26.4 Å². The van der Waals surface area contributed by atoms with Crippen molar-refractivity contribution in [3.05, 3.63) is 106 Å². The number of aromatic nitrogens is 5. The third-order valence-electron chi connectivity index (χ3n) is 8.02. The number of carbonyl (C=O) groups excluding carboxylic acids is 1. The van der Waals surface area contributed by atoms with Gasteiger partial charge in [0, 0.05) is 49.2 Å². The minimum atomic E-state index is -3.73. The number of nitrogens with one attached hydrogen (secondary N) is 1. The van der Waals surface area contributed by atoms with Crippen LogP contribution in [0.15, 0.2) is 82.7 Å². The number of likely N-dealkylation sites (N-methyl/N-ethyl adjacent to an activating group) is 1. The third-order valence-corrected chi connectivity index (χ3v) is 10.2. The molecule has 6 rings (SSSR count). The molecule has 46 heavy (non-hydrogen) atoms. The zero-order chi connectivity index (χ0) is 32.6. The Kier molecular flexibility index (Phi) is 8.55. The largest absolute Gasteiger partial charge is 0.371 e. The van der Waals surface area contributed by atoms with E-state index in [1.54, 1.807) is 51.2 Å². The summed E-state index contributed by atoms with van der Waals surface area (Å²) in [6.07, 6.45) is 2.95. The van der Waals surface area contributed by atoms with Crippen LogP contribution < -0.4 is 10.9 Å². The monoisotopic (exact) mass is 641 g/mol. The standard InChI is InChI=1S/C33H35N7O5S/c1-21(2)46(43,44)29-20-39(4)37-27(29)18-40-31-24(16-26(32(40)42)30(41)23-8-6-5-7-9-23)17-34-33(36-31)35-25-12-10-22(11-13-25)28-19-38(3)14-15-45-28/h5-13,16-17,20-21,28H,14-15,18-19H2,1-4H3,(H,34,35,36). The fourth-order valence-corrected chi connectivity index (χ4v) is 6.67. The lowest BCUT2D eigenvalue weighted by Crippen LogP contribution is -2.35. The lowest BCUT2D eigenvalue weighted by molar-refractivity contribution is -0.0208. The molecule has 1 N–H and O–H groups in total. The van der Waals surface area contributed by atoms with Crippen LogP contribution in [0.4, 0.5) is 11.6 Å². The molecule has 0 saturated carbocycles. The Labute approximate surface area is 266 Å². The molecular formula is C33H35N7O5S. The molecule has 1 aliphatic heterocycles. The van der Waals surface area contributed by atoms with E-state index in [9.17, 15) is 18.0 Å². The second kappa shape index (κ2) is 12.6. The number of carbonyl (C=O) groups is 1. The molecule has 0 spiro atoms. The fraction of sp³-hybridized carbons (Fsp3) is 0.303. The van der Waals surface area contributed by atoms with Crippen LogP contribution in [0.5, 0.6) is 0 Å². The van der Waals surface area contributed by atoms with Crippen molar-refractivity contribution in [3.63, 3.8) is 0 Å². The summed E-state index contributed by atoms with van der Waals surface area (Å²) >= 11 is 0. The van der Waals surface area contributed by atoms with Crippen molar-refractivity contribution in [2.45, 2.75) is 36.6 Å². The van der Waals surface area contributed by atoms with E-state index in [-0.39, 0.29) is 40.4 Å². The quantitative estimate of drug-likeness (QED) is 0.237. The summed E-state index contributed by atoms with van der Waals surface area (Å²) in [5.41, 5.74) is 1.82. The molecular weight excluding hydrogens is 606 g/mol. The van der Waals surface area contributed by atoms with E-state index in [1.807, 2.05) is 24.3 Å². The number of pyridine rings is 1. The predicted octanol–water partition coefficient (Wildman–Crippen LogP) is 3.73. The Morgan fingerprint density at radius 1 is 1.09 bits per heavy atom. The topological polar surface area (TPSA) is 141 Å². The molecule has 1 aliphatic rings. The normalized spacial score (nSPS) is 15.8. The molecule has 0 amide bonds. The van der Waals surface area contributed by atoms with Gasteiger partial charge in [0.25, 0.3) is 5.56 Å². The third kappa shape index (κ3) is 6.21. The number of morpholine rings is 1. The van der Waals surface area contributed by atoms with Crippen LogP contribution >= 0.6 is 0 Å². The highest BCUT2D eigenvalue weighted by molar-refractivity contribution is 7.92. The SMILES string of the molecule is CC(C)S(=O)(=O)c1cn(C)nc1Cn1c(=O)c(C(=O)c2ccccc2)cc2cnc(Nc3ccc(C4CN(C)CCO4)cc3)nc21. The Balaban J connectivity index is 1.41. The zero-order valence-electron chi connectivity index (χ0n) is 26.0. The van der Waals surface area contributed by atoms with Gasteiger partial charge in [-0.3, -0.25) is 18.8 Å². The molecule has 2 aromatic carbocycles. The van der Waals surface area contributed by atoms with Gasteiger partial charge in [0.05, 0.1) is 30.1 Å². The summed E-state index contributed by atoms with van der Waals surface area (Å²) in [7, 11) is -0.0403. The van der Waals surface area contributed by atoms with Gasteiger partial charge < -0.3 is 15.0 Å². The van der Waals surface area contributed by atoms with Crippen LogP contribution in [0.2, 0.25) is 0 Å². The van der Waals surface area contributed by atoms with Crippen LogP contribution in [0.1, 0.15) is 47.1 Å². The van der Waals surface area contributed by atoms with Crippen molar-refractivity contribution in [2.75, 3.05) is 32.1 Å². The first-order valence-electron chi connectivity index (χ1n) is 14.9. The summed E-state index contributed by atoms with van der Waals surface area (Å²) in [4.78, 5) is 38.9. The fourth-order valence-electron chi connectivity index (χ4n) is 5.43. The average molecular weight is 642 g/mol. The number of hydrogen-bond donors (Lipinski definition) is 1. The number of ether oxygens (including phenoxy) is 1. The van der Waals surface area contributed by atoms with Crippen molar-refractivity contribution in [3.8, 4) is 0 Å². The molecule has 5 aromatic rings. The molecule has 0 radical (unpaired) electrons. The first-order chi connectivity index (χ1) is 22.0. The molecule has 0 aliphatic carbocycles. The number of anilines is 2. The van der Waals surface area contributed by atoms with Crippen molar-refractivity contribution in [2.24, 2.45) is 7.05 Å². The minimum absolute atomic E-state index is 0.0112. The van der Waals surface area contributed by atoms with E-state index in [1.165, 1.54) is 27.7 Å². The van der Waals surface area contributed by atoms with Crippen molar-refractivity contribution in [1.29, 1.82) is 0 Å². The smallest absolute Gasteiger partial charge is 0.263 e. The van der Waals surface area contributed by atoms with Gasteiger partial charge in [-0.25, -0.2) is 13.4 Å². The highest BCUT2D eigenvalue weighted by Crippen LogP contribution is 2.25. The number of nitrogens with zero attached hydrogens (tertiary/aromatic N) is 6. The van der Waals surface area contributed by atoms with Crippen molar-refractivity contribution < 1.29 is 17.9 Å². The molecule has 13 heteroatoms. The molecule has 12 nitrogen and oxygen atoms in total. The summed E-state index contributed by atoms with van der Waals surface area (Å²) in [6.45, 7) is 5.33. The van der Waals surface area contributed by atoms with Gasteiger partial charge in [-0.1, -0.05) is 42.5 Å². The van der Waals surface area contributed by atoms with Gasteiger partial charge in [0.1, 0.15) is 16.2 Å². The average Bonchev–Trinajstić information content (AvgIpc) is 3.43. The number of fused-ring (bicyclic) bond motifs is 1. The molecule has 1 unspecified atom stereocenters. The van der Waals surface area contributed by atoms with E-state index >= 15 is 0 Å². The molecule has 3 aromatic heterocycles. The van der Waals surface area contributed by atoms with Crippen molar-refractivity contribution in [1.82, 2.24) is 29.2 Å². The molecule has 1 atom stereocenters.